The zero-order valence-electron chi connectivity index (χ0n) is 14.1. The molecule has 0 atom stereocenters. The van der Waals surface area contributed by atoms with Crippen LogP contribution in [0, 0.1) is 6.92 Å². The van der Waals surface area contributed by atoms with Crippen molar-refractivity contribution in [1.29, 1.82) is 0 Å². The Hall–Kier alpha value is -3.28. The third-order valence-electron chi connectivity index (χ3n) is 4.00. The molecule has 3 rings (SSSR count). The number of carbonyl (C=O) groups excluding carboxylic acids is 1. The Morgan fingerprint density at radius 3 is 2.64 bits per heavy atom. The summed E-state index contributed by atoms with van der Waals surface area (Å²) >= 11 is 0. The molecule has 2 aromatic carbocycles. The van der Waals surface area contributed by atoms with Gasteiger partial charge in [0.15, 0.2) is 5.96 Å². The van der Waals surface area contributed by atoms with Crippen molar-refractivity contribution in [2.75, 3.05) is 13.7 Å². The second-order valence-electron chi connectivity index (χ2n) is 5.66. The van der Waals surface area contributed by atoms with Crippen LogP contribution in [0.15, 0.2) is 47.5 Å². The first-order chi connectivity index (χ1) is 12.0. The van der Waals surface area contributed by atoms with Crippen LogP contribution in [-0.4, -0.2) is 25.6 Å². The van der Waals surface area contributed by atoms with Gasteiger partial charge in [-0.05, 0) is 60.0 Å². The van der Waals surface area contributed by atoms with Gasteiger partial charge in [0.2, 0.25) is 0 Å². The number of fused-ring (bicyclic) bond motifs is 1. The molecular formula is C19H19N3O3. The van der Waals surface area contributed by atoms with E-state index >= 15 is 0 Å². The van der Waals surface area contributed by atoms with Gasteiger partial charge in [-0.1, -0.05) is 6.07 Å². The maximum Gasteiger partial charge on any atom is 0.280 e. The molecule has 0 radical (unpaired) electrons. The molecule has 2 aromatic rings. The molecule has 0 aliphatic carbocycles. The molecule has 1 heterocycles. The predicted octanol–water partition coefficient (Wildman–Crippen LogP) is 2.24. The number of hydrogen-bond acceptors (Lipinski definition) is 3. The Labute approximate surface area is 145 Å². The predicted molar refractivity (Wildman–Crippen MR) is 96.9 cm³/mol. The van der Waals surface area contributed by atoms with E-state index in [-0.39, 0.29) is 5.96 Å². The van der Waals surface area contributed by atoms with Crippen LogP contribution in [-0.2, 0) is 0 Å². The van der Waals surface area contributed by atoms with Crippen molar-refractivity contribution in [3.8, 4) is 11.5 Å². The summed E-state index contributed by atoms with van der Waals surface area (Å²) in [5.74, 6) is 0.764. The van der Waals surface area contributed by atoms with Crippen LogP contribution in [0.1, 0.15) is 27.0 Å². The Morgan fingerprint density at radius 1 is 1.16 bits per heavy atom. The lowest BCUT2D eigenvalue weighted by atomic mass is 9.91. The average molecular weight is 337 g/mol. The summed E-state index contributed by atoms with van der Waals surface area (Å²) in [5, 5.41) is 0. The molecule has 0 aromatic heterocycles. The molecule has 1 aliphatic rings. The van der Waals surface area contributed by atoms with Crippen molar-refractivity contribution in [3.63, 3.8) is 0 Å². The second-order valence-corrected chi connectivity index (χ2v) is 5.66. The van der Waals surface area contributed by atoms with E-state index in [2.05, 4.69) is 4.99 Å². The highest BCUT2D eigenvalue weighted by Gasteiger charge is 2.19. The maximum absolute atomic E-state index is 12.1. The molecular weight excluding hydrogens is 318 g/mol. The smallest absolute Gasteiger partial charge is 0.280 e. The number of ether oxygens (including phenoxy) is 2. The quantitative estimate of drug-likeness (QED) is 0.661. The van der Waals surface area contributed by atoms with Gasteiger partial charge in [0.1, 0.15) is 18.1 Å². The number of aliphatic imine (C=N–C) groups is 1. The second kappa shape index (κ2) is 6.68. The number of rotatable bonds is 3. The third-order valence-corrected chi connectivity index (χ3v) is 4.00. The zero-order valence-corrected chi connectivity index (χ0v) is 14.1. The first-order valence-electron chi connectivity index (χ1n) is 7.76. The lowest BCUT2D eigenvalue weighted by Gasteiger charge is -2.21. The van der Waals surface area contributed by atoms with Gasteiger partial charge in [0, 0.05) is 11.1 Å². The monoisotopic (exact) mass is 337 g/mol. The molecule has 0 fully saturated rings. The van der Waals surface area contributed by atoms with E-state index < -0.39 is 5.91 Å². The number of aryl methyl sites for hydroxylation is 1. The van der Waals surface area contributed by atoms with Crippen molar-refractivity contribution in [3.05, 3.63) is 64.7 Å². The fraction of sp³-hybridized carbons (Fsp3) is 0.158. The van der Waals surface area contributed by atoms with Gasteiger partial charge in [-0.15, -0.1) is 0 Å². The van der Waals surface area contributed by atoms with Crippen LogP contribution >= 0.6 is 0 Å². The minimum absolute atomic E-state index is 0.263. The normalized spacial score (nSPS) is 12.5. The molecule has 6 nitrogen and oxygen atoms in total. The molecule has 128 valence electrons. The van der Waals surface area contributed by atoms with E-state index in [1.165, 1.54) is 0 Å². The van der Waals surface area contributed by atoms with Gasteiger partial charge >= 0.3 is 0 Å². The topological polar surface area (TPSA) is 99.9 Å². The standard InChI is InChI=1S/C19H19N3O3/c1-11-9-13(24-2)4-5-14(11)15-7-8-25-17-6-3-12(10-16(15)17)18(23)22-19(20)21/h3-7,9-10H,8H2,1-2H3,(H4,20,21,22,23). The molecule has 25 heavy (non-hydrogen) atoms. The number of nitrogens with two attached hydrogens (primary N) is 2. The molecule has 0 saturated carbocycles. The van der Waals surface area contributed by atoms with Gasteiger partial charge < -0.3 is 20.9 Å². The molecule has 0 unspecified atom stereocenters. The van der Waals surface area contributed by atoms with Gasteiger partial charge in [0.05, 0.1) is 7.11 Å². The SMILES string of the molecule is COc1ccc(C2=CCOc3ccc(C(=O)N=C(N)N)cc32)c(C)c1. The lowest BCUT2D eigenvalue weighted by Crippen LogP contribution is -2.24. The Balaban J connectivity index is 2.07. The summed E-state index contributed by atoms with van der Waals surface area (Å²) in [7, 11) is 1.64. The minimum Gasteiger partial charge on any atom is -0.497 e. The summed E-state index contributed by atoms with van der Waals surface area (Å²) in [6.07, 6.45) is 1.99. The molecule has 0 spiro atoms. The van der Waals surface area contributed by atoms with Crippen LogP contribution in [0.4, 0.5) is 0 Å². The van der Waals surface area contributed by atoms with E-state index in [9.17, 15) is 4.79 Å². The summed E-state index contributed by atoms with van der Waals surface area (Å²) in [5.41, 5.74) is 14.9. The molecule has 1 aliphatic heterocycles. The number of methoxy groups -OCH3 is 1. The van der Waals surface area contributed by atoms with Gasteiger partial charge in [-0.25, -0.2) is 0 Å². The zero-order chi connectivity index (χ0) is 18.0. The summed E-state index contributed by atoms with van der Waals surface area (Å²) in [6.45, 7) is 2.48. The largest absolute Gasteiger partial charge is 0.497 e. The van der Waals surface area contributed by atoms with Gasteiger partial charge in [0.25, 0.3) is 5.91 Å². The molecule has 4 N–H and O–H groups in total. The Kier molecular flexibility index (Phi) is 4.43. The highest BCUT2D eigenvalue weighted by atomic mass is 16.5. The molecule has 0 saturated heterocycles. The van der Waals surface area contributed by atoms with Crippen LogP contribution < -0.4 is 20.9 Å². The molecule has 0 bridgehead atoms. The van der Waals surface area contributed by atoms with Crippen molar-refractivity contribution >= 4 is 17.4 Å². The van der Waals surface area contributed by atoms with E-state index in [1.807, 2.05) is 31.2 Å². The fourth-order valence-electron chi connectivity index (χ4n) is 2.83. The number of hydrogen-bond donors (Lipinski definition) is 2. The van der Waals surface area contributed by atoms with E-state index in [1.54, 1.807) is 25.3 Å². The lowest BCUT2D eigenvalue weighted by molar-refractivity contribution is 0.100. The van der Waals surface area contributed by atoms with E-state index in [0.29, 0.717) is 17.9 Å². The van der Waals surface area contributed by atoms with Crippen molar-refractivity contribution in [2.24, 2.45) is 16.5 Å². The number of amides is 1. The first kappa shape index (κ1) is 16.6. The van der Waals surface area contributed by atoms with Gasteiger partial charge in [-0.3, -0.25) is 4.79 Å². The Morgan fingerprint density at radius 2 is 1.96 bits per heavy atom. The van der Waals surface area contributed by atoms with Crippen LogP contribution in [0.3, 0.4) is 0 Å². The van der Waals surface area contributed by atoms with Crippen LogP contribution in [0.25, 0.3) is 5.57 Å². The van der Waals surface area contributed by atoms with Crippen molar-refractivity contribution in [1.82, 2.24) is 0 Å². The molecule has 6 heteroatoms. The average Bonchev–Trinajstić information content (AvgIpc) is 2.60. The van der Waals surface area contributed by atoms with Crippen LogP contribution in [0.2, 0.25) is 0 Å². The summed E-state index contributed by atoms with van der Waals surface area (Å²) in [4.78, 5) is 15.7. The third kappa shape index (κ3) is 3.33. The maximum atomic E-state index is 12.1. The first-order valence-corrected chi connectivity index (χ1v) is 7.76. The van der Waals surface area contributed by atoms with E-state index in [0.717, 1.165) is 28.0 Å². The Bertz CT molecular complexity index is 897. The summed E-state index contributed by atoms with van der Waals surface area (Å²) in [6, 6.07) is 11.0. The highest BCUT2D eigenvalue weighted by Crippen LogP contribution is 2.37. The summed E-state index contributed by atoms with van der Waals surface area (Å²) < 4.78 is 10.9. The highest BCUT2D eigenvalue weighted by molar-refractivity contribution is 6.03. The number of benzene rings is 2. The minimum atomic E-state index is -0.487. The number of carbonyl (C=O) groups is 1. The fourth-order valence-corrected chi connectivity index (χ4v) is 2.83. The number of nitrogens with zero attached hydrogens (tertiary/aromatic N) is 1. The van der Waals surface area contributed by atoms with Crippen molar-refractivity contribution < 1.29 is 14.3 Å². The number of guanidine groups is 1. The van der Waals surface area contributed by atoms with E-state index in [4.69, 9.17) is 20.9 Å². The van der Waals surface area contributed by atoms with Crippen molar-refractivity contribution in [2.45, 2.75) is 6.92 Å². The van der Waals surface area contributed by atoms with Crippen LogP contribution in [0.5, 0.6) is 11.5 Å². The molecule has 1 amide bonds. The van der Waals surface area contributed by atoms with Gasteiger partial charge in [-0.2, -0.15) is 4.99 Å².